The summed E-state index contributed by atoms with van der Waals surface area (Å²) < 4.78 is 12.4. The van der Waals surface area contributed by atoms with Gasteiger partial charge < -0.3 is 24.7 Å². The molecule has 7 heteroatoms. The molecule has 2 atom stereocenters. The number of hydrogen-bond acceptors (Lipinski definition) is 4. The van der Waals surface area contributed by atoms with Gasteiger partial charge >= 0.3 is 6.03 Å². The van der Waals surface area contributed by atoms with Gasteiger partial charge in [-0.05, 0) is 24.1 Å². The summed E-state index contributed by atoms with van der Waals surface area (Å²) in [4.78, 5) is 16.8. The van der Waals surface area contributed by atoms with Crippen LogP contribution >= 0.6 is 0 Å². The van der Waals surface area contributed by atoms with Gasteiger partial charge in [-0.2, -0.15) is 0 Å². The van der Waals surface area contributed by atoms with E-state index in [0.717, 1.165) is 30.2 Å². The molecule has 0 bridgehead atoms. The molecule has 1 aromatic carbocycles. The molecule has 2 aromatic rings. The van der Waals surface area contributed by atoms with E-state index in [0.29, 0.717) is 19.1 Å². The Morgan fingerprint density at radius 1 is 1.44 bits per heavy atom. The van der Waals surface area contributed by atoms with Crippen LogP contribution in [0.5, 0.6) is 5.75 Å². The summed E-state index contributed by atoms with van der Waals surface area (Å²) in [6.45, 7) is 2.10. The molecular formula is C18H24N4O3. The Hall–Kier alpha value is -2.54. The second-order valence-corrected chi connectivity index (χ2v) is 6.19. The average molecular weight is 344 g/mol. The lowest BCUT2D eigenvalue weighted by Crippen LogP contribution is -2.41. The first-order valence-corrected chi connectivity index (χ1v) is 8.40. The van der Waals surface area contributed by atoms with Gasteiger partial charge in [0.1, 0.15) is 17.6 Å². The van der Waals surface area contributed by atoms with Crippen molar-refractivity contribution in [3.8, 4) is 5.75 Å². The van der Waals surface area contributed by atoms with Crippen LogP contribution in [-0.4, -0.2) is 42.5 Å². The summed E-state index contributed by atoms with van der Waals surface area (Å²) in [6, 6.07) is 7.06. The number of urea groups is 1. The minimum atomic E-state index is -0.342. The molecule has 2 amide bonds. The molecule has 1 aromatic heterocycles. The summed E-state index contributed by atoms with van der Waals surface area (Å²) in [5.41, 5.74) is 0.939. The zero-order chi connectivity index (χ0) is 17.6. The fraction of sp³-hybridized carbons (Fsp3) is 0.444. The summed E-state index contributed by atoms with van der Waals surface area (Å²) in [5, 5.41) is 5.96. The largest absolute Gasteiger partial charge is 0.497 e. The number of imidazole rings is 1. The molecule has 0 radical (unpaired) electrons. The fourth-order valence-electron chi connectivity index (χ4n) is 2.91. The Morgan fingerprint density at radius 3 is 2.84 bits per heavy atom. The van der Waals surface area contributed by atoms with Crippen LogP contribution in [0.2, 0.25) is 0 Å². The number of aryl methyl sites for hydroxylation is 1. The van der Waals surface area contributed by atoms with Crippen LogP contribution in [0.15, 0.2) is 36.7 Å². The molecule has 3 rings (SSSR count). The molecular weight excluding hydrogens is 320 g/mol. The first kappa shape index (κ1) is 17.3. The van der Waals surface area contributed by atoms with Crippen LogP contribution in [0, 0.1) is 5.92 Å². The van der Waals surface area contributed by atoms with Crippen LogP contribution in [0.4, 0.5) is 4.79 Å². The highest BCUT2D eigenvalue weighted by Crippen LogP contribution is 2.23. The average Bonchev–Trinajstić information content (AvgIpc) is 3.30. The number of ether oxygens (including phenoxy) is 2. The molecule has 2 N–H and O–H groups in total. The zero-order valence-corrected chi connectivity index (χ0v) is 14.6. The van der Waals surface area contributed by atoms with E-state index in [1.54, 1.807) is 13.3 Å². The Bertz CT molecular complexity index is 693. The second kappa shape index (κ2) is 8.02. The molecule has 1 saturated heterocycles. The maximum atomic E-state index is 12.4. The number of carbonyl (C=O) groups excluding carboxylic acids is 1. The Kier molecular flexibility index (Phi) is 5.55. The summed E-state index contributed by atoms with van der Waals surface area (Å²) in [6.07, 6.45) is 4.57. The Labute approximate surface area is 147 Å². The van der Waals surface area contributed by atoms with Gasteiger partial charge in [0.15, 0.2) is 0 Å². The van der Waals surface area contributed by atoms with E-state index < -0.39 is 0 Å². The first-order valence-electron chi connectivity index (χ1n) is 8.40. The summed E-state index contributed by atoms with van der Waals surface area (Å²) in [7, 11) is 3.54. The van der Waals surface area contributed by atoms with Crippen LogP contribution in [0.25, 0.3) is 0 Å². The van der Waals surface area contributed by atoms with E-state index in [4.69, 9.17) is 9.47 Å². The van der Waals surface area contributed by atoms with Crippen LogP contribution in [0.3, 0.4) is 0 Å². The third-order valence-electron chi connectivity index (χ3n) is 4.42. The number of benzene rings is 1. The quantitative estimate of drug-likeness (QED) is 0.838. The van der Waals surface area contributed by atoms with Gasteiger partial charge in [0.05, 0.1) is 13.7 Å². The lowest BCUT2D eigenvalue weighted by Gasteiger charge is -2.20. The minimum Gasteiger partial charge on any atom is -0.497 e. The van der Waals surface area contributed by atoms with E-state index in [9.17, 15) is 4.79 Å². The molecule has 0 saturated carbocycles. The van der Waals surface area contributed by atoms with Crippen LogP contribution < -0.4 is 15.4 Å². The van der Waals surface area contributed by atoms with Crippen molar-refractivity contribution in [2.75, 3.05) is 26.9 Å². The molecule has 0 spiro atoms. The van der Waals surface area contributed by atoms with E-state index in [1.165, 1.54) is 0 Å². The van der Waals surface area contributed by atoms with Crippen molar-refractivity contribution in [1.82, 2.24) is 20.2 Å². The third-order valence-corrected chi connectivity index (χ3v) is 4.42. The molecule has 0 aliphatic carbocycles. The van der Waals surface area contributed by atoms with Crippen molar-refractivity contribution in [2.45, 2.75) is 12.5 Å². The number of nitrogens with one attached hydrogen (secondary N) is 2. The lowest BCUT2D eigenvalue weighted by atomic mass is 10.1. The highest BCUT2D eigenvalue weighted by Gasteiger charge is 2.22. The maximum absolute atomic E-state index is 12.4. The number of nitrogens with zero attached hydrogens (tertiary/aromatic N) is 2. The van der Waals surface area contributed by atoms with E-state index in [-0.39, 0.29) is 12.1 Å². The number of aromatic nitrogens is 2. The summed E-state index contributed by atoms with van der Waals surface area (Å²) in [5.74, 6) is 1.93. The van der Waals surface area contributed by atoms with Crippen molar-refractivity contribution < 1.29 is 14.3 Å². The monoisotopic (exact) mass is 344 g/mol. The molecule has 0 unspecified atom stereocenters. The molecule has 7 nitrogen and oxygen atoms in total. The van der Waals surface area contributed by atoms with E-state index in [2.05, 4.69) is 15.6 Å². The van der Waals surface area contributed by atoms with Crippen LogP contribution in [0.1, 0.15) is 23.9 Å². The molecule has 134 valence electrons. The van der Waals surface area contributed by atoms with Gasteiger partial charge in [0.25, 0.3) is 0 Å². The number of rotatable bonds is 6. The second-order valence-electron chi connectivity index (χ2n) is 6.19. The SMILES string of the molecule is COc1ccc([C@@H](NC(=O)NC[C@H]2CCOC2)c2nccn2C)cc1. The predicted molar refractivity (Wildman–Crippen MR) is 93.5 cm³/mol. The molecule has 1 aliphatic heterocycles. The van der Waals surface area contributed by atoms with Crippen molar-refractivity contribution >= 4 is 6.03 Å². The number of carbonyl (C=O) groups is 1. The normalized spacial score (nSPS) is 17.9. The number of methoxy groups -OCH3 is 1. The van der Waals surface area contributed by atoms with Crippen molar-refractivity contribution in [1.29, 1.82) is 0 Å². The fourth-order valence-corrected chi connectivity index (χ4v) is 2.91. The van der Waals surface area contributed by atoms with Gasteiger partial charge in [-0.15, -0.1) is 0 Å². The predicted octanol–water partition coefficient (Wildman–Crippen LogP) is 1.85. The van der Waals surface area contributed by atoms with Gasteiger partial charge in [-0.3, -0.25) is 0 Å². The lowest BCUT2D eigenvalue weighted by molar-refractivity contribution is 0.185. The van der Waals surface area contributed by atoms with Gasteiger partial charge in [0, 0.05) is 38.5 Å². The Morgan fingerprint density at radius 2 is 2.24 bits per heavy atom. The smallest absolute Gasteiger partial charge is 0.315 e. The molecule has 1 fully saturated rings. The highest BCUT2D eigenvalue weighted by molar-refractivity contribution is 5.74. The zero-order valence-electron chi connectivity index (χ0n) is 14.6. The highest BCUT2D eigenvalue weighted by atomic mass is 16.5. The number of amides is 2. The van der Waals surface area contributed by atoms with E-state index in [1.807, 2.05) is 42.1 Å². The van der Waals surface area contributed by atoms with Crippen LogP contribution in [-0.2, 0) is 11.8 Å². The van der Waals surface area contributed by atoms with Crippen molar-refractivity contribution in [3.63, 3.8) is 0 Å². The van der Waals surface area contributed by atoms with Crippen molar-refractivity contribution in [3.05, 3.63) is 48.0 Å². The van der Waals surface area contributed by atoms with Gasteiger partial charge in [-0.25, -0.2) is 9.78 Å². The molecule has 25 heavy (non-hydrogen) atoms. The van der Waals surface area contributed by atoms with Crippen molar-refractivity contribution in [2.24, 2.45) is 13.0 Å². The van der Waals surface area contributed by atoms with Gasteiger partial charge in [0.2, 0.25) is 0 Å². The third kappa shape index (κ3) is 4.30. The first-order chi connectivity index (χ1) is 12.2. The number of hydrogen-bond donors (Lipinski definition) is 2. The molecule has 2 heterocycles. The van der Waals surface area contributed by atoms with Gasteiger partial charge in [-0.1, -0.05) is 12.1 Å². The topological polar surface area (TPSA) is 77.4 Å². The standard InChI is InChI=1S/C18H24N4O3/c1-22-9-8-19-17(22)16(14-3-5-15(24-2)6-4-14)21-18(23)20-11-13-7-10-25-12-13/h3-6,8-9,13,16H,7,10-12H2,1-2H3,(H2,20,21,23)/t13-,16-/m1/s1. The minimum absolute atomic E-state index is 0.212. The Balaban J connectivity index is 1.71. The summed E-state index contributed by atoms with van der Waals surface area (Å²) >= 11 is 0. The molecule has 1 aliphatic rings. The van der Waals surface area contributed by atoms with E-state index >= 15 is 0 Å². The maximum Gasteiger partial charge on any atom is 0.315 e.